The predicted octanol–water partition coefficient (Wildman–Crippen LogP) is 19.5. The maximum Gasteiger partial charge on any atom is 0.143 e. The minimum Gasteiger partial charge on any atom is -0.455 e. The Labute approximate surface area is 440 Å². The molecule has 0 bridgehead atoms. The normalized spacial score (nSPS) is 12.8. The molecule has 3 heteroatoms. The Bertz CT molecular complexity index is 4570. The number of rotatable bonds is 7. The molecule has 0 saturated carbocycles. The molecule has 2 aromatic heterocycles. The second-order valence-electron chi connectivity index (χ2n) is 20.2. The molecule has 354 valence electrons. The van der Waals surface area contributed by atoms with E-state index in [-0.39, 0.29) is 0 Å². The molecule has 0 aliphatic heterocycles. The fourth-order valence-electron chi connectivity index (χ4n) is 13.4. The maximum absolute atomic E-state index is 7.28. The summed E-state index contributed by atoms with van der Waals surface area (Å²) in [7, 11) is 0. The Kier molecular flexibility index (Phi) is 9.25. The fourth-order valence-corrected chi connectivity index (χ4v) is 13.4. The van der Waals surface area contributed by atoms with Crippen LogP contribution in [0.4, 0.5) is 17.1 Å². The summed E-state index contributed by atoms with van der Waals surface area (Å²) in [6.45, 7) is 0. The van der Waals surface area contributed by atoms with Crippen molar-refractivity contribution in [3.63, 3.8) is 0 Å². The molecule has 12 aromatic carbocycles. The van der Waals surface area contributed by atoms with E-state index in [4.69, 9.17) is 4.42 Å². The van der Waals surface area contributed by atoms with Gasteiger partial charge in [0.15, 0.2) is 0 Å². The Balaban J connectivity index is 0.920. The summed E-state index contributed by atoms with van der Waals surface area (Å²) in [5.74, 6) is 0. The number of anilines is 3. The molecular weight excluding hydrogens is 921 g/mol. The van der Waals surface area contributed by atoms with E-state index in [9.17, 15) is 0 Å². The molecule has 0 atom stereocenters. The lowest BCUT2D eigenvalue weighted by Gasteiger charge is -2.32. The first-order valence-corrected chi connectivity index (χ1v) is 26.2. The number of hydrogen-bond acceptors (Lipinski definition) is 2. The molecule has 0 fully saturated rings. The van der Waals surface area contributed by atoms with Gasteiger partial charge in [-0.05, 0) is 115 Å². The number of para-hydroxylation sites is 3. The molecule has 0 unspecified atom stereocenters. The topological polar surface area (TPSA) is 21.3 Å². The van der Waals surface area contributed by atoms with Crippen LogP contribution in [0.1, 0.15) is 22.3 Å². The standard InChI is InChI=1S/C73H46N2O/c1-3-20-47(21-4-1)48-40-42-50(43-41-48)74(65-36-15-10-24-52(65)49-22-5-2-6-23-49)51-44-45-57-56-28-11-16-37-66(56)75(68(57)46-51)67-38-19-39-69-70(67)61-32-18-31-60(72(61)76-69)59-30-17-29-58-55-27-9-14-35-64(55)73(71(58)59)62-33-12-7-25-53(62)54-26-8-13-34-63(54)73/h1-46H. The fraction of sp³-hybridized carbons (Fsp3) is 0.0137. The molecule has 2 aliphatic carbocycles. The average molecular weight is 967 g/mol. The third-order valence-corrected chi connectivity index (χ3v) is 16.4. The second kappa shape index (κ2) is 16.5. The van der Waals surface area contributed by atoms with Crippen molar-refractivity contribution in [3.8, 4) is 61.3 Å². The van der Waals surface area contributed by atoms with E-state index in [2.05, 4.69) is 289 Å². The molecule has 76 heavy (non-hydrogen) atoms. The van der Waals surface area contributed by atoms with Crippen LogP contribution >= 0.6 is 0 Å². The van der Waals surface area contributed by atoms with Gasteiger partial charge in [-0.2, -0.15) is 0 Å². The van der Waals surface area contributed by atoms with Crippen molar-refractivity contribution in [2.75, 3.05) is 4.90 Å². The third-order valence-electron chi connectivity index (χ3n) is 16.4. The molecule has 0 saturated heterocycles. The number of furan rings is 1. The van der Waals surface area contributed by atoms with E-state index < -0.39 is 5.41 Å². The molecule has 0 radical (unpaired) electrons. The Morgan fingerprint density at radius 1 is 0.329 bits per heavy atom. The number of benzene rings is 12. The van der Waals surface area contributed by atoms with Gasteiger partial charge in [0.05, 0.1) is 33.2 Å². The van der Waals surface area contributed by atoms with Crippen molar-refractivity contribution in [1.29, 1.82) is 0 Å². The zero-order valence-electron chi connectivity index (χ0n) is 41.4. The van der Waals surface area contributed by atoms with E-state index in [1.165, 1.54) is 72.0 Å². The Hall–Kier alpha value is -9.96. The Morgan fingerprint density at radius 3 is 1.55 bits per heavy atom. The molecule has 1 spiro atoms. The highest BCUT2D eigenvalue weighted by Gasteiger charge is 2.52. The average Bonchev–Trinajstić information content (AvgIpc) is 4.40. The summed E-state index contributed by atoms with van der Waals surface area (Å²) < 4.78 is 9.75. The van der Waals surface area contributed by atoms with E-state index >= 15 is 0 Å². The minimum absolute atomic E-state index is 0.505. The van der Waals surface area contributed by atoms with Gasteiger partial charge in [0.1, 0.15) is 11.2 Å². The molecule has 3 nitrogen and oxygen atoms in total. The molecule has 14 aromatic rings. The zero-order valence-corrected chi connectivity index (χ0v) is 41.4. The lowest BCUT2D eigenvalue weighted by Crippen LogP contribution is -2.26. The van der Waals surface area contributed by atoms with Crippen LogP contribution in [0.5, 0.6) is 0 Å². The van der Waals surface area contributed by atoms with Gasteiger partial charge in [-0.25, -0.2) is 0 Å². The predicted molar refractivity (Wildman–Crippen MR) is 315 cm³/mol. The lowest BCUT2D eigenvalue weighted by molar-refractivity contribution is 0.669. The summed E-state index contributed by atoms with van der Waals surface area (Å²) in [4.78, 5) is 2.42. The van der Waals surface area contributed by atoms with Crippen molar-refractivity contribution in [2.45, 2.75) is 5.41 Å². The third kappa shape index (κ3) is 5.99. The summed E-state index contributed by atoms with van der Waals surface area (Å²) >= 11 is 0. The smallest absolute Gasteiger partial charge is 0.143 e. The van der Waals surface area contributed by atoms with Crippen molar-refractivity contribution in [3.05, 3.63) is 301 Å². The molecular formula is C73H46N2O. The number of aromatic nitrogens is 1. The first-order valence-electron chi connectivity index (χ1n) is 26.2. The maximum atomic E-state index is 7.28. The van der Waals surface area contributed by atoms with Crippen LogP contribution < -0.4 is 4.90 Å². The lowest BCUT2D eigenvalue weighted by atomic mass is 9.68. The molecule has 2 heterocycles. The van der Waals surface area contributed by atoms with Gasteiger partial charge in [0.25, 0.3) is 0 Å². The summed E-state index contributed by atoms with van der Waals surface area (Å²) in [6, 6.07) is 102. The number of hydrogen-bond donors (Lipinski definition) is 0. The van der Waals surface area contributed by atoms with Crippen LogP contribution in [0.2, 0.25) is 0 Å². The summed E-state index contributed by atoms with van der Waals surface area (Å²) in [5, 5.41) is 4.54. The summed E-state index contributed by atoms with van der Waals surface area (Å²) in [6.07, 6.45) is 0. The second-order valence-corrected chi connectivity index (χ2v) is 20.2. The highest BCUT2D eigenvalue weighted by Crippen LogP contribution is 2.65. The number of nitrogens with zero attached hydrogens (tertiary/aromatic N) is 2. The molecule has 0 N–H and O–H groups in total. The van der Waals surface area contributed by atoms with E-state index in [1.54, 1.807) is 0 Å². The van der Waals surface area contributed by atoms with Crippen LogP contribution in [-0.2, 0) is 5.41 Å². The van der Waals surface area contributed by atoms with Gasteiger partial charge in [-0.15, -0.1) is 0 Å². The number of fused-ring (bicyclic) bond motifs is 16. The SMILES string of the molecule is c1ccc(-c2ccc(N(c3ccc4c5ccccc5n(-c5cccc6oc7c(-c8cccc9c8C8(c%10ccccc%10-c%10ccccc%108)c8ccccc8-9)cccc7c56)c4c3)c3ccccc3-c3ccccc3)cc2)cc1. The zero-order chi connectivity index (χ0) is 49.9. The molecule has 2 aliphatic rings. The first kappa shape index (κ1) is 42.5. The van der Waals surface area contributed by atoms with Crippen molar-refractivity contribution in [2.24, 2.45) is 0 Å². The van der Waals surface area contributed by atoms with Gasteiger partial charge in [-0.1, -0.05) is 231 Å². The van der Waals surface area contributed by atoms with Gasteiger partial charge < -0.3 is 13.9 Å². The monoisotopic (exact) mass is 966 g/mol. The van der Waals surface area contributed by atoms with Crippen molar-refractivity contribution >= 4 is 60.8 Å². The van der Waals surface area contributed by atoms with E-state index in [0.29, 0.717) is 0 Å². The Morgan fingerprint density at radius 2 is 0.829 bits per heavy atom. The minimum atomic E-state index is -0.505. The van der Waals surface area contributed by atoms with Crippen LogP contribution in [0.15, 0.2) is 283 Å². The van der Waals surface area contributed by atoms with Crippen LogP contribution in [0.3, 0.4) is 0 Å². The van der Waals surface area contributed by atoms with Gasteiger partial charge in [-0.3, -0.25) is 0 Å². The van der Waals surface area contributed by atoms with Gasteiger partial charge in [0.2, 0.25) is 0 Å². The van der Waals surface area contributed by atoms with Crippen LogP contribution in [0, 0.1) is 0 Å². The van der Waals surface area contributed by atoms with E-state index in [1.807, 2.05) is 0 Å². The van der Waals surface area contributed by atoms with Crippen LogP contribution in [0.25, 0.3) is 105 Å². The van der Waals surface area contributed by atoms with Crippen LogP contribution in [-0.4, -0.2) is 4.57 Å². The van der Waals surface area contributed by atoms with Crippen molar-refractivity contribution in [1.82, 2.24) is 4.57 Å². The van der Waals surface area contributed by atoms with E-state index in [0.717, 1.165) is 72.4 Å². The highest BCUT2D eigenvalue weighted by atomic mass is 16.3. The first-order chi connectivity index (χ1) is 37.7. The largest absolute Gasteiger partial charge is 0.455 e. The van der Waals surface area contributed by atoms with Gasteiger partial charge >= 0.3 is 0 Å². The van der Waals surface area contributed by atoms with Crippen molar-refractivity contribution < 1.29 is 4.42 Å². The van der Waals surface area contributed by atoms with Gasteiger partial charge in [0, 0.05) is 38.7 Å². The molecule has 16 rings (SSSR count). The molecule has 0 amide bonds. The summed E-state index contributed by atoms with van der Waals surface area (Å²) in [5.41, 5.74) is 25.1. The quantitative estimate of drug-likeness (QED) is 0.159. The highest BCUT2D eigenvalue weighted by molar-refractivity contribution is 6.17.